The molecule has 2 heterocycles. The Kier molecular flexibility index (Phi) is 5.75. The smallest absolute Gasteiger partial charge is 0.321 e. The minimum Gasteiger partial charge on any atom is -0.491 e. The van der Waals surface area contributed by atoms with Crippen LogP contribution < -0.4 is 10.1 Å². The Morgan fingerprint density at radius 2 is 2.04 bits per heavy atom. The molecule has 2 saturated heterocycles. The summed E-state index contributed by atoms with van der Waals surface area (Å²) in [6.07, 6.45) is 7.00. The van der Waals surface area contributed by atoms with Gasteiger partial charge in [-0.2, -0.15) is 0 Å². The molecule has 1 aromatic carbocycles. The molecule has 23 heavy (non-hydrogen) atoms. The number of hydrogen-bond acceptors (Lipinski definition) is 3. The number of benzene rings is 1. The highest BCUT2D eigenvalue weighted by Gasteiger charge is 2.17. The molecule has 1 unspecified atom stereocenters. The second kappa shape index (κ2) is 8.20. The third kappa shape index (κ3) is 4.86. The van der Waals surface area contributed by atoms with Crippen molar-refractivity contribution in [2.45, 2.75) is 44.6 Å². The summed E-state index contributed by atoms with van der Waals surface area (Å²) in [6, 6.07) is 7.59. The van der Waals surface area contributed by atoms with E-state index in [2.05, 4.69) is 5.32 Å². The fourth-order valence-corrected chi connectivity index (χ4v) is 3.10. The number of anilines is 1. The number of urea groups is 1. The summed E-state index contributed by atoms with van der Waals surface area (Å²) in [5.41, 5.74) is 0.782. The predicted molar refractivity (Wildman–Crippen MR) is 90.0 cm³/mol. The van der Waals surface area contributed by atoms with Crippen molar-refractivity contribution in [3.8, 4) is 5.75 Å². The van der Waals surface area contributed by atoms with Crippen molar-refractivity contribution in [1.29, 1.82) is 0 Å². The number of nitrogens with one attached hydrogen (secondary N) is 1. The SMILES string of the molecule is O=C(Nc1cccc(OCC2CCCO2)c1)N1CCCCCC1. The van der Waals surface area contributed by atoms with Crippen molar-refractivity contribution in [1.82, 2.24) is 4.90 Å². The fourth-order valence-electron chi connectivity index (χ4n) is 3.10. The summed E-state index contributed by atoms with van der Waals surface area (Å²) in [5.74, 6) is 0.772. The van der Waals surface area contributed by atoms with Crippen molar-refractivity contribution in [3.63, 3.8) is 0 Å². The first-order valence-electron chi connectivity index (χ1n) is 8.72. The molecule has 1 atom stereocenters. The maximum atomic E-state index is 12.4. The molecule has 2 aliphatic rings. The molecule has 1 N–H and O–H groups in total. The fraction of sp³-hybridized carbons (Fsp3) is 0.611. The first-order valence-corrected chi connectivity index (χ1v) is 8.72. The number of amides is 2. The molecule has 2 fully saturated rings. The highest BCUT2D eigenvalue weighted by Crippen LogP contribution is 2.20. The van der Waals surface area contributed by atoms with E-state index >= 15 is 0 Å². The Hall–Kier alpha value is -1.75. The standard InChI is InChI=1S/C18H26N2O3/c21-18(20-10-3-1-2-4-11-20)19-15-7-5-8-16(13-15)23-14-17-9-6-12-22-17/h5,7-8,13,17H,1-4,6,9-12,14H2,(H,19,21). The lowest BCUT2D eigenvalue weighted by atomic mass is 10.2. The van der Waals surface area contributed by atoms with E-state index in [4.69, 9.17) is 9.47 Å². The van der Waals surface area contributed by atoms with Crippen LogP contribution in [0.25, 0.3) is 0 Å². The van der Waals surface area contributed by atoms with E-state index in [1.54, 1.807) is 0 Å². The van der Waals surface area contributed by atoms with Gasteiger partial charge in [0.15, 0.2) is 0 Å². The van der Waals surface area contributed by atoms with Gasteiger partial charge in [0.05, 0.1) is 6.10 Å². The van der Waals surface area contributed by atoms with Gasteiger partial charge in [-0.15, -0.1) is 0 Å². The summed E-state index contributed by atoms with van der Waals surface area (Å²) >= 11 is 0. The zero-order valence-corrected chi connectivity index (χ0v) is 13.6. The van der Waals surface area contributed by atoms with Crippen molar-refractivity contribution in [2.75, 3.05) is 31.6 Å². The van der Waals surface area contributed by atoms with Gasteiger partial charge in [-0.3, -0.25) is 0 Å². The van der Waals surface area contributed by atoms with Crippen LogP contribution in [-0.2, 0) is 4.74 Å². The summed E-state index contributed by atoms with van der Waals surface area (Å²) in [5, 5.41) is 2.98. The minimum absolute atomic E-state index is 0.0109. The maximum absolute atomic E-state index is 12.4. The molecule has 0 radical (unpaired) electrons. The zero-order chi connectivity index (χ0) is 15.9. The monoisotopic (exact) mass is 318 g/mol. The van der Waals surface area contributed by atoms with E-state index in [9.17, 15) is 4.79 Å². The molecule has 0 bridgehead atoms. The Bertz CT molecular complexity index is 507. The number of rotatable bonds is 4. The highest BCUT2D eigenvalue weighted by molar-refractivity contribution is 5.89. The molecule has 3 rings (SSSR count). The Labute approximate surface area is 137 Å². The van der Waals surface area contributed by atoms with Crippen molar-refractivity contribution >= 4 is 11.7 Å². The first kappa shape index (κ1) is 16.1. The van der Waals surface area contributed by atoms with Gasteiger partial charge in [0.2, 0.25) is 0 Å². The van der Waals surface area contributed by atoms with Crippen LogP contribution in [0, 0.1) is 0 Å². The number of carbonyl (C=O) groups excluding carboxylic acids is 1. The Balaban J connectivity index is 1.52. The average molecular weight is 318 g/mol. The third-order valence-electron chi connectivity index (χ3n) is 4.44. The van der Waals surface area contributed by atoms with Crippen LogP contribution in [0.15, 0.2) is 24.3 Å². The summed E-state index contributed by atoms with van der Waals surface area (Å²) < 4.78 is 11.3. The lowest BCUT2D eigenvalue weighted by Gasteiger charge is -2.21. The van der Waals surface area contributed by atoms with Crippen molar-refractivity contribution in [2.24, 2.45) is 0 Å². The zero-order valence-electron chi connectivity index (χ0n) is 13.6. The number of ether oxygens (including phenoxy) is 2. The van der Waals surface area contributed by atoms with Gasteiger partial charge in [0.25, 0.3) is 0 Å². The molecule has 5 heteroatoms. The largest absolute Gasteiger partial charge is 0.491 e. The van der Waals surface area contributed by atoms with E-state index in [0.717, 1.165) is 56.8 Å². The molecule has 0 aromatic heterocycles. The number of carbonyl (C=O) groups is 1. The molecule has 126 valence electrons. The van der Waals surface area contributed by atoms with Crippen LogP contribution in [0.3, 0.4) is 0 Å². The quantitative estimate of drug-likeness (QED) is 0.922. The van der Waals surface area contributed by atoms with E-state index in [1.807, 2.05) is 29.2 Å². The Morgan fingerprint density at radius 1 is 1.22 bits per heavy atom. The Morgan fingerprint density at radius 3 is 2.78 bits per heavy atom. The molecule has 0 aliphatic carbocycles. The summed E-state index contributed by atoms with van der Waals surface area (Å²) in [4.78, 5) is 14.3. The van der Waals surface area contributed by atoms with Gasteiger partial charge < -0.3 is 19.7 Å². The van der Waals surface area contributed by atoms with Crippen LogP contribution in [0.1, 0.15) is 38.5 Å². The van der Waals surface area contributed by atoms with E-state index in [1.165, 1.54) is 12.8 Å². The topological polar surface area (TPSA) is 50.8 Å². The van der Waals surface area contributed by atoms with Gasteiger partial charge in [0, 0.05) is 31.5 Å². The van der Waals surface area contributed by atoms with Crippen LogP contribution in [0.5, 0.6) is 5.75 Å². The molecule has 2 amide bonds. The van der Waals surface area contributed by atoms with Gasteiger partial charge in [0.1, 0.15) is 12.4 Å². The lowest BCUT2D eigenvalue weighted by Crippen LogP contribution is -2.35. The predicted octanol–water partition coefficient (Wildman–Crippen LogP) is 3.65. The molecule has 5 nitrogen and oxygen atoms in total. The molecular formula is C18H26N2O3. The van der Waals surface area contributed by atoms with Crippen LogP contribution >= 0.6 is 0 Å². The minimum atomic E-state index is -0.0109. The van der Waals surface area contributed by atoms with Crippen LogP contribution in [0.2, 0.25) is 0 Å². The van der Waals surface area contributed by atoms with Gasteiger partial charge in [-0.25, -0.2) is 4.79 Å². The van der Waals surface area contributed by atoms with Crippen molar-refractivity contribution in [3.05, 3.63) is 24.3 Å². The van der Waals surface area contributed by atoms with E-state index in [-0.39, 0.29) is 12.1 Å². The maximum Gasteiger partial charge on any atom is 0.321 e. The molecule has 1 aromatic rings. The first-order chi connectivity index (χ1) is 11.3. The molecule has 0 saturated carbocycles. The highest BCUT2D eigenvalue weighted by atomic mass is 16.5. The average Bonchev–Trinajstić information content (AvgIpc) is 2.93. The van der Waals surface area contributed by atoms with Gasteiger partial charge in [-0.1, -0.05) is 18.9 Å². The number of nitrogens with zero attached hydrogens (tertiary/aromatic N) is 1. The third-order valence-corrected chi connectivity index (χ3v) is 4.44. The lowest BCUT2D eigenvalue weighted by molar-refractivity contribution is 0.0680. The molecule has 2 aliphatic heterocycles. The van der Waals surface area contributed by atoms with E-state index < -0.39 is 0 Å². The van der Waals surface area contributed by atoms with Crippen molar-refractivity contribution < 1.29 is 14.3 Å². The molecule has 0 spiro atoms. The van der Waals surface area contributed by atoms with Gasteiger partial charge in [-0.05, 0) is 37.8 Å². The van der Waals surface area contributed by atoms with E-state index in [0.29, 0.717) is 6.61 Å². The second-order valence-corrected chi connectivity index (χ2v) is 6.31. The second-order valence-electron chi connectivity index (χ2n) is 6.31. The summed E-state index contributed by atoms with van der Waals surface area (Å²) in [6.45, 7) is 3.10. The van der Waals surface area contributed by atoms with Gasteiger partial charge >= 0.3 is 6.03 Å². The molecular weight excluding hydrogens is 292 g/mol. The summed E-state index contributed by atoms with van der Waals surface area (Å²) in [7, 11) is 0. The number of hydrogen-bond donors (Lipinski definition) is 1. The van der Waals surface area contributed by atoms with Crippen LogP contribution in [-0.4, -0.2) is 43.3 Å². The number of likely N-dealkylation sites (tertiary alicyclic amines) is 1. The van der Waals surface area contributed by atoms with Crippen LogP contribution in [0.4, 0.5) is 10.5 Å². The normalized spacial score (nSPS) is 21.7.